The highest BCUT2D eigenvalue weighted by atomic mass is 32.2. The van der Waals surface area contributed by atoms with Crippen molar-refractivity contribution in [2.45, 2.75) is 31.6 Å². The molecule has 2 N–H and O–H groups in total. The monoisotopic (exact) mass is 422 g/mol. The molecule has 1 aliphatic heterocycles. The molecule has 0 unspecified atom stereocenters. The maximum atomic E-state index is 12.7. The molecule has 29 heavy (non-hydrogen) atoms. The first kappa shape index (κ1) is 21.5. The van der Waals surface area contributed by atoms with Gasteiger partial charge in [-0.3, -0.25) is 9.59 Å². The molecule has 2 atom stereocenters. The number of hydrogen-bond acceptors (Lipinski definition) is 5. The Kier molecular flexibility index (Phi) is 6.40. The molecule has 0 aromatic heterocycles. The molecule has 1 aliphatic carbocycles. The number of nitrogens with one attached hydrogen (secondary N) is 1. The van der Waals surface area contributed by atoms with Crippen LogP contribution in [0.15, 0.2) is 40.3 Å². The molecule has 1 heterocycles. The maximum absolute atomic E-state index is 12.7. The van der Waals surface area contributed by atoms with Crippen molar-refractivity contribution >= 4 is 27.6 Å². The highest BCUT2D eigenvalue weighted by Crippen LogP contribution is 2.35. The predicted octanol–water partition coefficient (Wildman–Crippen LogP) is 2.09. The lowest BCUT2D eigenvalue weighted by Gasteiger charge is -2.29. The number of sulfonamides is 1. The smallest absolute Gasteiger partial charge is 0.307 e. The van der Waals surface area contributed by atoms with Crippen LogP contribution in [0.3, 0.4) is 0 Å². The molecule has 1 amide bonds. The summed E-state index contributed by atoms with van der Waals surface area (Å²) < 4.78 is 31.9. The third kappa shape index (κ3) is 4.68. The summed E-state index contributed by atoms with van der Waals surface area (Å²) in [6, 6.07) is 5.95. The van der Waals surface area contributed by atoms with Gasteiger partial charge in [0.25, 0.3) is 0 Å². The number of morpholine rings is 1. The Bertz CT molecular complexity index is 917. The minimum atomic E-state index is -3.60. The summed E-state index contributed by atoms with van der Waals surface area (Å²) in [5, 5.41) is 12.2. The molecule has 8 nitrogen and oxygen atoms in total. The van der Waals surface area contributed by atoms with Crippen molar-refractivity contribution < 1.29 is 27.9 Å². The molecule has 9 heteroatoms. The second-order valence-electron chi connectivity index (χ2n) is 7.55. The van der Waals surface area contributed by atoms with Crippen LogP contribution in [0.5, 0.6) is 0 Å². The average molecular weight is 423 g/mol. The minimum absolute atomic E-state index is 0.146. The largest absolute Gasteiger partial charge is 0.481 e. The third-order valence-electron chi connectivity index (χ3n) is 5.65. The zero-order valence-corrected chi connectivity index (χ0v) is 17.4. The Morgan fingerprint density at radius 2 is 1.59 bits per heavy atom. The minimum Gasteiger partial charge on any atom is -0.481 e. The van der Waals surface area contributed by atoms with Gasteiger partial charge in [-0.15, -0.1) is 0 Å². The highest BCUT2D eigenvalue weighted by molar-refractivity contribution is 7.89. The van der Waals surface area contributed by atoms with Gasteiger partial charge in [-0.2, -0.15) is 4.31 Å². The van der Waals surface area contributed by atoms with Crippen LogP contribution in [0, 0.1) is 11.8 Å². The lowest BCUT2D eigenvalue weighted by Crippen LogP contribution is -2.40. The summed E-state index contributed by atoms with van der Waals surface area (Å²) in [5.41, 5.74) is 2.48. The van der Waals surface area contributed by atoms with E-state index in [1.807, 2.05) is 13.8 Å². The number of carbonyl (C=O) groups excluding carboxylic acids is 1. The van der Waals surface area contributed by atoms with Crippen LogP contribution in [-0.4, -0.2) is 56.0 Å². The molecule has 0 bridgehead atoms. The normalized spacial score (nSPS) is 23.7. The van der Waals surface area contributed by atoms with Crippen LogP contribution < -0.4 is 5.32 Å². The first-order chi connectivity index (χ1) is 13.7. The molecule has 0 spiro atoms. The number of aliphatic carboxylic acids is 1. The molecule has 1 fully saturated rings. The number of carbonyl (C=O) groups is 2. The Hall–Kier alpha value is -2.23. The van der Waals surface area contributed by atoms with E-state index in [1.54, 1.807) is 0 Å². The molecule has 0 radical (unpaired) electrons. The van der Waals surface area contributed by atoms with Gasteiger partial charge in [0.05, 0.1) is 29.9 Å². The predicted molar refractivity (Wildman–Crippen MR) is 107 cm³/mol. The van der Waals surface area contributed by atoms with E-state index in [0.29, 0.717) is 44.8 Å². The van der Waals surface area contributed by atoms with Gasteiger partial charge in [0.2, 0.25) is 15.9 Å². The molecule has 2 aliphatic rings. The Labute approximate surface area is 170 Å². The summed E-state index contributed by atoms with van der Waals surface area (Å²) in [6.07, 6.45) is 0.758. The number of anilines is 1. The molecular formula is C20H26N2O6S. The summed E-state index contributed by atoms with van der Waals surface area (Å²) in [4.78, 5) is 24.5. The quantitative estimate of drug-likeness (QED) is 0.703. The van der Waals surface area contributed by atoms with Crippen LogP contribution in [0.1, 0.15) is 26.7 Å². The van der Waals surface area contributed by atoms with E-state index in [1.165, 1.54) is 28.6 Å². The summed E-state index contributed by atoms with van der Waals surface area (Å²) >= 11 is 0. The van der Waals surface area contributed by atoms with Crippen molar-refractivity contribution in [2.75, 3.05) is 31.6 Å². The van der Waals surface area contributed by atoms with Gasteiger partial charge >= 0.3 is 5.97 Å². The number of nitrogens with zero attached hydrogens (tertiary/aromatic N) is 1. The van der Waals surface area contributed by atoms with Gasteiger partial charge < -0.3 is 15.2 Å². The van der Waals surface area contributed by atoms with Gasteiger partial charge in [0, 0.05) is 18.8 Å². The van der Waals surface area contributed by atoms with Gasteiger partial charge in [-0.05, 0) is 51.0 Å². The number of benzene rings is 1. The average Bonchev–Trinajstić information content (AvgIpc) is 2.70. The van der Waals surface area contributed by atoms with Crippen molar-refractivity contribution in [3.8, 4) is 0 Å². The molecule has 3 rings (SSSR count). The Balaban J connectivity index is 1.72. The highest BCUT2D eigenvalue weighted by Gasteiger charge is 2.37. The molecule has 1 aromatic carbocycles. The van der Waals surface area contributed by atoms with E-state index in [9.17, 15) is 23.1 Å². The molecule has 158 valence electrons. The lowest BCUT2D eigenvalue weighted by molar-refractivity contribution is -0.146. The van der Waals surface area contributed by atoms with Crippen molar-refractivity contribution in [1.82, 2.24) is 4.31 Å². The lowest BCUT2D eigenvalue weighted by atomic mass is 9.76. The molecule has 1 aromatic rings. The number of hydrogen-bond donors (Lipinski definition) is 2. The van der Waals surface area contributed by atoms with E-state index in [0.717, 1.165) is 11.1 Å². The van der Waals surface area contributed by atoms with Crippen LogP contribution in [0.25, 0.3) is 0 Å². The molecule has 0 saturated carbocycles. The fraction of sp³-hybridized carbons (Fsp3) is 0.500. The standard InChI is InChI=1S/C20H26N2O6S/c1-13-11-17(18(20(24)25)12-14(13)2)19(23)21-15-3-5-16(6-4-15)29(26,27)22-7-9-28-10-8-22/h3-6,17-18H,7-12H2,1-2H3,(H,21,23)(H,24,25)/t17-,18-/m1/s1. The molecular weight excluding hydrogens is 396 g/mol. The first-order valence-corrected chi connectivity index (χ1v) is 11.0. The number of carboxylic acids is 1. The number of rotatable bonds is 5. The van der Waals surface area contributed by atoms with Crippen molar-refractivity contribution in [2.24, 2.45) is 11.8 Å². The second kappa shape index (κ2) is 8.64. The Morgan fingerprint density at radius 3 is 2.14 bits per heavy atom. The van der Waals surface area contributed by atoms with E-state index in [4.69, 9.17) is 4.74 Å². The molecule has 1 saturated heterocycles. The summed E-state index contributed by atoms with van der Waals surface area (Å²) in [5.74, 6) is -2.77. The van der Waals surface area contributed by atoms with E-state index in [-0.39, 0.29) is 10.8 Å². The second-order valence-corrected chi connectivity index (χ2v) is 9.49. The van der Waals surface area contributed by atoms with Crippen molar-refractivity contribution in [3.63, 3.8) is 0 Å². The zero-order valence-electron chi connectivity index (χ0n) is 16.6. The van der Waals surface area contributed by atoms with Gasteiger partial charge in [-0.1, -0.05) is 11.1 Å². The number of amides is 1. The van der Waals surface area contributed by atoms with Gasteiger partial charge in [-0.25, -0.2) is 8.42 Å². The van der Waals surface area contributed by atoms with E-state index < -0.39 is 27.8 Å². The summed E-state index contributed by atoms with van der Waals surface area (Å²) in [7, 11) is -3.60. The van der Waals surface area contributed by atoms with Crippen LogP contribution in [0.2, 0.25) is 0 Å². The summed E-state index contributed by atoms with van der Waals surface area (Å²) in [6.45, 7) is 5.17. The van der Waals surface area contributed by atoms with Crippen molar-refractivity contribution in [3.05, 3.63) is 35.4 Å². The SMILES string of the molecule is CC1=C(C)C[C@@H](C(=O)Nc2ccc(S(=O)(=O)N3CCOCC3)cc2)[C@H](C(=O)O)C1. The van der Waals surface area contributed by atoms with Crippen molar-refractivity contribution in [1.29, 1.82) is 0 Å². The fourth-order valence-electron chi connectivity index (χ4n) is 3.71. The maximum Gasteiger partial charge on any atom is 0.307 e. The third-order valence-corrected chi connectivity index (χ3v) is 7.56. The van der Waals surface area contributed by atoms with Crippen LogP contribution in [-0.2, 0) is 24.3 Å². The van der Waals surface area contributed by atoms with Gasteiger partial charge in [0.15, 0.2) is 0 Å². The zero-order chi connectivity index (χ0) is 21.2. The number of carboxylic acid groups (broad SMARTS) is 1. The van der Waals surface area contributed by atoms with Gasteiger partial charge in [0.1, 0.15) is 0 Å². The first-order valence-electron chi connectivity index (χ1n) is 9.57. The number of ether oxygens (including phenoxy) is 1. The van der Waals surface area contributed by atoms with E-state index >= 15 is 0 Å². The van der Waals surface area contributed by atoms with E-state index in [2.05, 4.69) is 5.32 Å². The fourth-order valence-corrected chi connectivity index (χ4v) is 5.12. The van der Waals surface area contributed by atoms with Crippen LogP contribution in [0.4, 0.5) is 5.69 Å². The Morgan fingerprint density at radius 1 is 1.03 bits per heavy atom. The van der Waals surface area contributed by atoms with Crippen LogP contribution >= 0.6 is 0 Å². The number of allylic oxidation sites excluding steroid dienone is 2. The topological polar surface area (TPSA) is 113 Å².